The lowest BCUT2D eigenvalue weighted by molar-refractivity contribution is -0.128. The molecule has 2 saturated heterocycles. The predicted molar refractivity (Wildman–Crippen MR) is 180 cm³/mol. The molecule has 0 spiro atoms. The Kier molecular flexibility index (Phi) is 8.12. The van der Waals surface area contributed by atoms with Crippen LogP contribution in [-0.2, 0) is 31.9 Å². The lowest BCUT2D eigenvalue weighted by Crippen LogP contribution is -2.66. The maximum Gasteiger partial charge on any atom is 0.330 e. The molecule has 3 heterocycles. The standard InChI is InChI=1S/C37H38N2O6Si/c1-37(2,3)46(28-13-6-4-7-14-28,29-15-8-5-9-16-29)44-23-27-12-10-11-26-18-17-25(21-30(26)27)22-42-33-31-24-43-34(33)35(45-31)39-20-19-32(40)38-36(39)41/h4-21,31,33-35H,22-24H2,1-3H3,(H,38,40,41)/t31-,33+,34-,35+/m0/s1. The molecule has 1 N–H and O–H groups in total. The summed E-state index contributed by atoms with van der Waals surface area (Å²) in [4.78, 5) is 26.2. The molecule has 1 aromatic heterocycles. The lowest BCUT2D eigenvalue weighted by atomic mass is 10.0. The summed E-state index contributed by atoms with van der Waals surface area (Å²) in [7, 11) is -2.71. The highest BCUT2D eigenvalue weighted by Crippen LogP contribution is 2.40. The molecule has 46 heavy (non-hydrogen) atoms. The number of hydrogen-bond donors (Lipinski definition) is 1. The molecule has 2 fully saturated rings. The molecule has 236 valence electrons. The van der Waals surface area contributed by atoms with Crippen molar-refractivity contribution in [2.45, 2.75) is 63.6 Å². The van der Waals surface area contributed by atoms with Gasteiger partial charge in [0.05, 0.1) is 19.8 Å². The largest absolute Gasteiger partial charge is 0.403 e. The number of aromatic amines is 1. The smallest absolute Gasteiger partial charge is 0.330 e. The van der Waals surface area contributed by atoms with Crippen LogP contribution in [0.4, 0.5) is 0 Å². The molecule has 0 radical (unpaired) electrons. The summed E-state index contributed by atoms with van der Waals surface area (Å²) in [5.74, 6) is 0. The van der Waals surface area contributed by atoms with Crippen LogP contribution in [0.1, 0.15) is 38.1 Å². The van der Waals surface area contributed by atoms with E-state index in [0.717, 1.165) is 21.9 Å². The summed E-state index contributed by atoms with van der Waals surface area (Å²) in [6.07, 6.45) is -0.315. The summed E-state index contributed by atoms with van der Waals surface area (Å²) in [6.45, 7) is 8.10. The minimum absolute atomic E-state index is 0.123. The number of H-pyrrole nitrogens is 1. The zero-order valence-corrected chi connectivity index (χ0v) is 27.2. The topological polar surface area (TPSA) is 91.8 Å². The number of nitrogens with zero attached hydrogens (tertiary/aromatic N) is 1. The molecule has 2 aliphatic rings. The van der Waals surface area contributed by atoms with Crippen LogP contribution in [0.25, 0.3) is 10.8 Å². The Labute approximate surface area is 268 Å². The van der Waals surface area contributed by atoms with Gasteiger partial charge in [0.15, 0.2) is 6.23 Å². The van der Waals surface area contributed by atoms with Crippen LogP contribution in [0.2, 0.25) is 5.04 Å². The first-order valence-corrected chi connectivity index (χ1v) is 17.6. The van der Waals surface area contributed by atoms with Gasteiger partial charge in [-0.05, 0) is 43.4 Å². The minimum atomic E-state index is -2.71. The van der Waals surface area contributed by atoms with Crippen molar-refractivity contribution in [2.24, 2.45) is 0 Å². The predicted octanol–water partition coefficient (Wildman–Crippen LogP) is 4.65. The Balaban J connectivity index is 1.14. The van der Waals surface area contributed by atoms with Crippen LogP contribution in [0.5, 0.6) is 0 Å². The van der Waals surface area contributed by atoms with Gasteiger partial charge in [-0.15, -0.1) is 0 Å². The van der Waals surface area contributed by atoms with Gasteiger partial charge in [-0.3, -0.25) is 14.3 Å². The summed E-state index contributed by atoms with van der Waals surface area (Å²) >= 11 is 0. The molecule has 7 rings (SSSR count). The first kappa shape index (κ1) is 30.5. The fourth-order valence-electron chi connectivity index (χ4n) is 7.02. The van der Waals surface area contributed by atoms with E-state index in [2.05, 4.69) is 123 Å². The number of hydrogen-bond acceptors (Lipinski definition) is 6. The van der Waals surface area contributed by atoms with E-state index in [1.54, 1.807) is 0 Å². The van der Waals surface area contributed by atoms with E-state index in [1.807, 2.05) is 0 Å². The van der Waals surface area contributed by atoms with Gasteiger partial charge in [0.25, 0.3) is 13.9 Å². The van der Waals surface area contributed by atoms with Crippen molar-refractivity contribution in [3.05, 3.63) is 141 Å². The Morgan fingerprint density at radius 3 is 2.26 bits per heavy atom. The number of rotatable bonds is 9. The Morgan fingerprint density at radius 1 is 0.870 bits per heavy atom. The third-order valence-electron chi connectivity index (χ3n) is 9.20. The first-order valence-electron chi connectivity index (χ1n) is 15.7. The molecule has 0 unspecified atom stereocenters. The van der Waals surface area contributed by atoms with E-state index in [1.165, 1.54) is 27.2 Å². The van der Waals surface area contributed by atoms with Crippen LogP contribution < -0.4 is 21.6 Å². The Bertz CT molecular complexity index is 1910. The Hall–Kier alpha value is -4.12. The summed E-state index contributed by atoms with van der Waals surface area (Å²) in [6, 6.07) is 35.4. The van der Waals surface area contributed by atoms with Crippen molar-refractivity contribution in [3.8, 4) is 0 Å². The molecule has 0 aliphatic carbocycles. The number of fused-ring (bicyclic) bond motifs is 3. The van der Waals surface area contributed by atoms with Gasteiger partial charge in [0.2, 0.25) is 0 Å². The van der Waals surface area contributed by atoms with E-state index in [4.69, 9.17) is 18.6 Å². The molecule has 8 nitrogen and oxygen atoms in total. The summed E-state index contributed by atoms with van der Waals surface area (Å²) < 4.78 is 27.1. The molecule has 2 aliphatic heterocycles. The monoisotopic (exact) mass is 634 g/mol. The SMILES string of the molecule is CC(C)(C)[Si](OCc1cccc2ccc(CO[C@H]3[C@@H]4OC[C@@H]3O[C@H]4n3ccc(=O)[nH]c3=O)cc12)(c1ccccc1)c1ccccc1. The van der Waals surface area contributed by atoms with Gasteiger partial charge in [0, 0.05) is 12.3 Å². The fourth-order valence-corrected chi connectivity index (χ4v) is 11.5. The second kappa shape index (κ2) is 12.2. The van der Waals surface area contributed by atoms with Gasteiger partial charge >= 0.3 is 5.69 Å². The third-order valence-corrected chi connectivity index (χ3v) is 14.2. The maximum atomic E-state index is 12.4. The highest BCUT2D eigenvalue weighted by molar-refractivity contribution is 6.99. The maximum absolute atomic E-state index is 12.4. The van der Waals surface area contributed by atoms with Gasteiger partial charge in [-0.1, -0.05) is 112 Å². The van der Waals surface area contributed by atoms with Crippen LogP contribution in [-0.4, -0.2) is 42.8 Å². The van der Waals surface area contributed by atoms with E-state index in [-0.39, 0.29) is 17.2 Å². The van der Waals surface area contributed by atoms with Gasteiger partial charge in [-0.25, -0.2) is 4.79 Å². The van der Waals surface area contributed by atoms with Crippen molar-refractivity contribution in [2.75, 3.05) is 6.61 Å². The van der Waals surface area contributed by atoms with Crippen molar-refractivity contribution in [3.63, 3.8) is 0 Å². The van der Waals surface area contributed by atoms with Crippen LogP contribution in [0, 0.1) is 0 Å². The molecular formula is C37H38N2O6Si. The van der Waals surface area contributed by atoms with Crippen molar-refractivity contribution < 1.29 is 18.6 Å². The molecule has 4 aromatic carbocycles. The highest BCUT2D eigenvalue weighted by Gasteiger charge is 2.53. The second-order valence-electron chi connectivity index (χ2n) is 13.1. The average Bonchev–Trinajstić information content (AvgIpc) is 3.61. The van der Waals surface area contributed by atoms with Crippen molar-refractivity contribution in [1.29, 1.82) is 0 Å². The van der Waals surface area contributed by atoms with Crippen LogP contribution in [0.15, 0.2) is 119 Å². The molecule has 9 heteroatoms. The van der Waals surface area contributed by atoms with Gasteiger partial charge < -0.3 is 18.6 Å². The zero-order chi connectivity index (χ0) is 31.9. The van der Waals surface area contributed by atoms with Crippen LogP contribution in [0.3, 0.4) is 0 Å². The third kappa shape index (κ3) is 5.48. The summed E-state index contributed by atoms with van der Waals surface area (Å²) in [5.41, 5.74) is 1.16. The van der Waals surface area contributed by atoms with E-state index in [0.29, 0.717) is 19.8 Å². The highest BCUT2D eigenvalue weighted by atomic mass is 28.4. The lowest BCUT2D eigenvalue weighted by Gasteiger charge is -2.43. The van der Waals surface area contributed by atoms with Gasteiger partial charge in [-0.2, -0.15) is 0 Å². The molecule has 0 saturated carbocycles. The molecule has 2 bridgehead atoms. The number of ether oxygens (including phenoxy) is 3. The first-order chi connectivity index (χ1) is 22.2. The van der Waals surface area contributed by atoms with Gasteiger partial charge in [0.1, 0.15) is 18.3 Å². The number of benzene rings is 4. The van der Waals surface area contributed by atoms with Crippen LogP contribution >= 0.6 is 0 Å². The van der Waals surface area contributed by atoms with Crippen molar-refractivity contribution >= 4 is 29.5 Å². The summed E-state index contributed by atoms with van der Waals surface area (Å²) in [5, 5.41) is 4.64. The molecule has 5 aromatic rings. The fraction of sp³-hybridized carbons (Fsp3) is 0.297. The number of aromatic nitrogens is 2. The average molecular weight is 635 g/mol. The van der Waals surface area contributed by atoms with Crippen molar-refractivity contribution in [1.82, 2.24) is 9.55 Å². The minimum Gasteiger partial charge on any atom is -0.403 e. The Morgan fingerprint density at radius 2 is 1.59 bits per heavy atom. The van der Waals surface area contributed by atoms with E-state index < -0.39 is 31.9 Å². The number of nitrogens with one attached hydrogen (secondary N) is 1. The zero-order valence-electron chi connectivity index (χ0n) is 26.2. The molecule has 4 atom stereocenters. The van der Waals surface area contributed by atoms with E-state index >= 15 is 0 Å². The normalized spacial score (nSPS) is 21.2. The van der Waals surface area contributed by atoms with E-state index in [9.17, 15) is 9.59 Å². The quantitative estimate of drug-likeness (QED) is 0.238. The molecular weight excluding hydrogens is 597 g/mol. The second-order valence-corrected chi connectivity index (χ2v) is 17.4. The molecule has 0 amide bonds.